The van der Waals surface area contributed by atoms with Crippen LogP contribution in [0.2, 0.25) is 0 Å². The maximum absolute atomic E-state index is 13.0. The van der Waals surface area contributed by atoms with Gasteiger partial charge in [-0.25, -0.2) is 0 Å². The lowest BCUT2D eigenvalue weighted by Crippen LogP contribution is -2.40. The molecule has 1 fully saturated rings. The van der Waals surface area contributed by atoms with Crippen LogP contribution >= 0.6 is 0 Å². The lowest BCUT2D eigenvalue weighted by Gasteiger charge is -2.19. The molecule has 6 N–H and O–H groups in total. The number of aliphatic hydroxyl groups excluding tert-OH is 4. The Morgan fingerprint density at radius 1 is 1.00 bits per heavy atom. The highest BCUT2D eigenvalue weighted by Gasteiger charge is 2.48. The molecule has 0 amide bonds. The molecule has 2 aromatic carbocycles. The summed E-state index contributed by atoms with van der Waals surface area (Å²) in [7, 11) is 0. The Morgan fingerprint density at radius 2 is 1.70 bits per heavy atom. The fourth-order valence-electron chi connectivity index (χ4n) is 3.69. The average Bonchev–Trinajstić information content (AvgIpc) is 3.03. The van der Waals surface area contributed by atoms with E-state index in [0.29, 0.717) is 5.56 Å². The largest absolute Gasteiger partial charge is 0.508 e. The zero-order valence-electron chi connectivity index (χ0n) is 15.5. The molecular weight excluding hydrogens is 396 g/mol. The van der Waals surface area contributed by atoms with Crippen molar-refractivity contribution in [1.82, 2.24) is 0 Å². The molecule has 158 valence electrons. The lowest BCUT2D eigenvalue weighted by molar-refractivity contribution is -0.0822. The number of benzene rings is 2. The van der Waals surface area contributed by atoms with Gasteiger partial charge in [0.1, 0.15) is 53.9 Å². The van der Waals surface area contributed by atoms with Gasteiger partial charge in [0.2, 0.25) is 5.43 Å². The summed E-state index contributed by atoms with van der Waals surface area (Å²) < 4.78 is 11.2. The number of phenols is 2. The second-order valence-electron chi connectivity index (χ2n) is 7.15. The standard InChI is InChI=1S/C21H20O9/c22-7-14(25)20-17(27)18(28)21(30-20)15-13(24)6-5-11-16(26)12(8-29-19(11)15)9-1-3-10(23)4-2-9/h1-6,8,14,17-18,20-25,27-28H,7H2/t14-,17-,18-,20-,21-/m1/s1. The van der Waals surface area contributed by atoms with Crippen molar-refractivity contribution in [3.8, 4) is 22.6 Å². The number of aromatic hydroxyl groups is 2. The molecule has 1 saturated heterocycles. The summed E-state index contributed by atoms with van der Waals surface area (Å²) in [6.07, 6.45) is -5.95. The fraction of sp³-hybridized carbons (Fsp3) is 0.286. The van der Waals surface area contributed by atoms with E-state index in [2.05, 4.69) is 0 Å². The minimum Gasteiger partial charge on any atom is -0.508 e. The van der Waals surface area contributed by atoms with E-state index < -0.39 is 42.6 Å². The monoisotopic (exact) mass is 416 g/mol. The Kier molecular flexibility index (Phi) is 5.22. The third-order valence-electron chi connectivity index (χ3n) is 5.29. The van der Waals surface area contributed by atoms with Crippen LogP contribution in [0.25, 0.3) is 22.1 Å². The summed E-state index contributed by atoms with van der Waals surface area (Å²) in [6.45, 7) is -0.701. The van der Waals surface area contributed by atoms with Crippen LogP contribution in [0.5, 0.6) is 11.5 Å². The molecule has 0 radical (unpaired) electrons. The van der Waals surface area contributed by atoms with E-state index in [0.717, 1.165) is 0 Å². The van der Waals surface area contributed by atoms with Gasteiger partial charge in [0, 0.05) is 0 Å². The molecule has 4 rings (SSSR count). The quantitative estimate of drug-likeness (QED) is 0.353. The molecule has 30 heavy (non-hydrogen) atoms. The van der Waals surface area contributed by atoms with Crippen molar-refractivity contribution >= 4 is 11.0 Å². The van der Waals surface area contributed by atoms with Crippen molar-refractivity contribution in [2.45, 2.75) is 30.5 Å². The van der Waals surface area contributed by atoms with E-state index in [4.69, 9.17) is 14.3 Å². The van der Waals surface area contributed by atoms with E-state index in [1.807, 2.05) is 0 Å². The van der Waals surface area contributed by atoms with E-state index in [9.17, 15) is 30.3 Å². The molecule has 3 aromatic rings. The smallest absolute Gasteiger partial charge is 0.200 e. The number of hydrogen-bond acceptors (Lipinski definition) is 9. The Morgan fingerprint density at radius 3 is 2.37 bits per heavy atom. The fourth-order valence-corrected chi connectivity index (χ4v) is 3.69. The highest BCUT2D eigenvalue weighted by molar-refractivity contribution is 5.86. The second-order valence-corrected chi connectivity index (χ2v) is 7.15. The van der Waals surface area contributed by atoms with Gasteiger partial charge in [-0.05, 0) is 29.8 Å². The summed E-state index contributed by atoms with van der Waals surface area (Å²) in [5, 5.41) is 59.5. The Hall–Kier alpha value is -2.95. The highest BCUT2D eigenvalue weighted by Crippen LogP contribution is 2.42. The van der Waals surface area contributed by atoms with Gasteiger partial charge in [0.25, 0.3) is 0 Å². The highest BCUT2D eigenvalue weighted by atomic mass is 16.6. The molecule has 0 unspecified atom stereocenters. The SMILES string of the molecule is O=c1c(-c2ccc(O)cc2)coc2c([C@H]3O[C@H]([C@H](O)CO)[C@H](O)[C@H]3O)c(O)ccc12. The third kappa shape index (κ3) is 3.22. The molecule has 0 bridgehead atoms. The number of ether oxygens (including phenoxy) is 1. The van der Waals surface area contributed by atoms with Gasteiger partial charge in [-0.15, -0.1) is 0 Å². The molecule has 2 heterocycles. The van der Waals surface area contributed by atoms with Gasteiger partial charge in [0.15, 0.2) is 0 Å². The first kappa shape index (κ1) is 20.3. The molecule has 1 aromatic heterocycles. The summed E-state index contributed by atoms with van der Waals surface area (Å²) in [5.41, 5.74) is 0.222. The molecule has 5 atom stereocenters. The molecule has 1 aliphatic rings. The van der Waals surface area contributed by atoms with Crippen LogP contribution in [0, 0.1) is 0 Å². The van der Waals surface area contributed by atoms with Gasteiger partial charge < -0.3 is 39.8 Å². The molecule has 0 spiro atoms. The van der Waals surface area contributed by atoms with Crippen molar-refractivity contribution in [1.29, 1.82) is 0 Å². The number of aliphatic hydroxyl groups is 4. The lowest BCUT2D eigenvalue weighted by atomic mass is 9.96. The number of rotatable bonds is 4. The van der Waals surface area contributed by atoms with Crippen LogP contribution in [-0.2, 0) is 4.74 Å². The van der Waals surface area contributed by atoms with Crippen LogP contribution in [0.4, 0.5) is 0 Å². The summed E-state index contributed by atoms with van der Waals surface area (Å²) in [5.74, 6) is -0.292. The predicted octanol–water partition coefficient (Wildman–Crippen LogP) is 0.386. The van der Waals surface area contributed by atoms with Crippen LogP contribution in [0.1, 0.15) is 11.7 Å². The van der Waals surface area contributed by atoms with Crippen LogP contribution in [0.15, 0.2) is 51.9 Å². The van der Waals surface area contributed by atoms with E-state index >= 15 is 0 Å². The van der Waals surface area contributed by atoms with E-state index in [1.54, 1.807) is 12.1 Å². The first-order valence-electron chi connectivity index (χ1n) is 9.20. The molecule has 0 aliphatic carbocycles. The Labute approximate surface area is 169 Å². The summed E-state index contributed by atoms with van der Waals surface area (Å²) in [6, 6.07) is 8.57. The summed E-state index contributed by atoms with van der Waals surface area (Å²) in [4.78, 5) is 13.0. The molecular formula is C21H20O9. The van der Waals surface area contributed by atoms with Crippen molar-refractivity contribution < 1.29 is 39.8 Å². The van der Waals surface area contributed by atoms with Crippen LogP contribution < -0.4 is 5.43 Å². The van der Waals surface area contributed by atoms with Gasteiger partial charge in [0.05, 0.1) is 23.1 Å². The second kappa shape index (κ2) is 7.71. The third-order valence-corrected chi connectivity index (χ3v) is 5.29. The van der Waals surface area contributed by atoms with E-state index in [-0.39, 0.29) is 33.6 Å². The molecule has 9 nitrogen and oxygen atoms in total. The zero-order valence-corrected chi connectivity index (χ0v) is 15.5. The van der Waals surface area contributed by atoms with E-state index in [1.165, 1.54) is 30.5 Å². The number of phenolic OH excluding ortho intramolecular Hbond substituents is 2. The van der Waals surface area contributed by atoms with Gasteiger partial charge in [-0.1, -0.05) is 12.1 Å². The zero-order chi connectivity index (χ0) is 21.6. The van der Waals surface area contributed by atoms with Crippen LogP contribution in [-0.4, -0.2) is 61.7 Å². The maximum Gasteiger partial charge on any atom is 0.200 e. The predicted molar refractivity (Wildman–Crippen MR) is 104 cm³/mol. The Bertz CT molecular complexity index is 1120. The molecule has 1 aliphatic heterocycles. The van der Waals surface area contributed by atoms with Crippen molar-refractivity contribution in [2.75, 3.05) is 6.61 Å². The first-order chi connectivity index (χ1) is 14.3. The summed E-state index contributed by atoms with van der Waals surface area (Å²) >= 11 is 0. The minimum absolute atomic E-state index is 0.0432. The van der Waals surface area contributed by atoms with Gasteiger partial charge >= 0.3 is 0 Å². The number of fused-ring (bicyclic) bond motifs is 1. The number of hydrogen-bond donors (Lipinski definition) is 6. The first-order valence-corrected chi connectivity index (χ1v) is 9.20. The van der Waals surface area contributed by atoms with Gasteiger partial charge in [-0.3, -0.25) is 4.79 Å². The van der Waals surface area contributed by atoms with Crippen molar-refractivity contribution in [3.63, 3.8) is 0 Å². The Balaban J connectivity index is 1.84. The van der Waals surface area contributed by atoms with Gasteiger partial charge in [-0.2, -0.15) is 0 Å². The maximum atomic E-state index is 13.0. The minimum atomic E-state index is -1.55. The molecule has 9 heteroatoms. The van der Waals surface area contributed by atoms with Crippen molar-refractivity contribution in [2.24, 2.45) is 0 Å². The molecule has 0 saturated carbocycles. The average molecular weight is 416 g/mol. The topological polar surface area (TPSA) is 161 Å². The van der Waals surface area contributed by atoms with Crippen molar-refractivity contribution in [3.05, 3.63) is 58.4 Å². The van der Waals surface area contributed by atoms with Crippen LogP contribution in [0.3, 0.4) is 0 Å². The normalized spacial score (nSPS) is 24.9.